The average molecular weight is 315 g/mol. The molecular formula is C18H25N3O2. The van der Waals surface area contributed by atoms with Crippen LogP contribution in [0.5, 0.6) is 5.75 Å². The number of benzene rings is 1. The molecule has 124 valence electrons. The molecule has 5 nitrogen and oxygen atoms in total. The summed E-state index contributed by atoms with van der Waals surface area (Å²) in [7, 11) is 1.91. The minimum absolute atomic E-state index is 0.0816. The topological polar surface area (TPSA) is 65.4 Å². The van der Waals surface area contributed by atoms with Crippen LogP contribution in [-0.2, 0) is 11.3 Å². The number of hydrogen-bond acceptors (Lipinski definition) is 4. The molecule has 0 aromatic heterocycles. The number of rotatable bonds is 7. The second-order valence-corrected chi connectivity index (χ2v) is 6.20. The van der Waals surface area contributed by atoms with E-state index in [9.17, 15) is 10.1 Å². The zero-order valence-corrected chi connectivity index (χ0v) is 14.0. The normalized spacial score (nSPS) is 16.1. The van der Waals surface area contributed by atoms with Crippen molar-refractivity contribution < 1.29 is 9.53 Å². The zero-order chi connectivity index (χ0) is 16.7. The van der Waals surface area contributed by atoms with Crippen molar-refractivity contribution in [1.29, 1.82) is 5.26 Å². The van der Waals surface area contributed by atoms with E-state index in [1.807, 2.05) is 43.1 Å². The predicted octanol–water partition coefficient (Wildman–Crippen LogP) is 2.47. The fraction of sp³-hybridized carbons (Fsp3) is 0.556. The van der Waals surface area contributed by atoms with E-state index in [4.69, 9.17) is 4.74 Å². The summed E-state index contributed by atoms with van der Waals surface area (Å²) in [4.78, 5) is 14.1. The molecule has 2 rings (SSSR count). The number of nitrogens with zero attached hydrogens (tertiary/aromatic N) is 2. The molecule has 0 aliphatic heterocycles. The Hall–Kier alpha value is -2.06. The van der Waals surface area contributed by atoms with E-state index in [-0.39, 0.29) is 12.5 Å². The van der Waals surface area contributed by atoms with Gasteiger partial charge in [-0.1, -0.05) is 12.1 Å². The predicted molar refractivity (Wildman–Crippen MR) is 88.9 cm³/mol. The fourth-order valence-electron chi connectivity index (χ4n) is 3.02. The van der Waals surface area contributed by atoms with Crippen LogP contribution in [0.2, 0.25) is 0 Å². The third kappa shape index (κ3) is 4.97. The highest BCUT2D eigenvalue weighted by Gasteiger charge is 2.35. The van der Waals surface area contributed by atoms with Gasteiger partial charge >= 0.3 is 0 Å². The van der Waals surface area contributed by atoms with E-state index in [2.05, 4.69) is 11.4 Å². The molecule has 0 saturated heterocycles. The van der Waals surface area contributed by atoms with Crippen LogP contribution in [-0.4, -0.2) is 36.5 Å². The highest BCUT2D eigenvalue weighted by atomic mass is 16.5. The van der Waals surface area contributed by atoms with Crippen LogP contribution < -0.4 is 10.1 Å². The number of hydrogen-bond donors (Lipinski definition) is 1. The van der Waals surface area contributed by atoms with Gasteiger partial charge in [-0.25, -0.2) is 0 Å². The van der Waals surface area contributed by atoms with Crippen molar-refractivity contribution >= 4 is 5.91 Å². The molecule has 1 amide bonds. The number of nitriles is 1. The second-order valence-electron chi connectivity index (χ2n) is 6.20. The van der Waals surface area contributed by atoms with Gasteiger partial charge in [0.1, 0.15) is 11.3 Å². The van der Waals surface area contributed by atoms with Crippen LogP contribution in [0.4, 0.5) is 0 Å². The largest absolute Gasteiger partial charge is 0.494 e. The van der Waals surface area contributed by atoms with Crippen LogP contribution in [0.25, 0.3) is 0 Å². The van der Waals surface area contributed by atoms with Gasteiger partial charge in [0.2, 0.25) is 5.91 Å². The molecule has 1 aromatic carbocycles. The summed E-state index contributed by atoms with van der Waals surface area (Å²) in [5.74, 6) is 0.774. The smallest absolute Gasteiger partial charge is 0.235 e. The Balaban J connectivity index is 1.83. The van der Waals surface area contributed by atoms with E-state index < -0.39 is 5.54 Å². The summed E-state index contributed by atoms with van der Waals surface area (Å²) < 4.78 is 5.42. The van der Waals surface area contributed by atoms with E-state index >= 15 is 0 Å². The molecule has 0 atom stereocenters. The van der Waals surface area contributed by atoms with Gasteiger partial charge in [0.15, 0.2) is 0 Å². The summed E-state index contributed by atoms with van der Waals surface area (Å²) in [6, 6.07) is 10.2. The number of carbonyl (C=O) groups is 1. The molecule has 1 saturated carbocycles. The lowest BCUT2D eigenvalue weighted by Gasteiger charge is -2.24. The molecular weight excluding hydrogens is 290 g/mol. The molecule has 0 unspecified atom stereocenters. The Morgan fingerprint density at radius 1 is 1.35 bits per heavy atom. The van der Waals surface area contributed by atoms with E-state index in [1.54, 1.807) is 0 Å². The SMILES string of the molecule is CCOc1ccc(CN(C)CC(=O)NC2(C#N)CCCC2)cc1. The van der Waals surface area contributed by atoms with Crippen LogP contribution in [0.1, 0.15) is 38.2 Å². The first-order valence-corrected chi connectivity index (χ1v) is 8.19. The molecule has 1 aliphatic carbocycles. The Bertz CT molecular complexity index is 557. The number of likely N-dealkylation sites (N-methyl/N-ethyl adjacent to an activating group) is 1. The maximum absolute atomic E-state index is 12.2. The van der Waals surface area contributed by atoms with Gasteiger partial charge in [0, 0.05) is 6.54 Å². The minimum Gasteiger partial charge on any atom is -0.494 e. The number of nitrogens with one attached hydrogen (secondary N) is 1. The van der Waals surface area contributed by atoms with Crippen molar-refractivity contribution in [2.24, 2.45) is 0 Å². The maximum Gasteiger partial charge on any atom is 0.235 e. The molecule has 0 radical (unpaired) electrons. The van der Waals surface area contributed by atoms with Gasteiger partial charge in [0.25, 0.3) is 0 Å². The lowest BCUT2D eigenvalue weighted by Crippen LogP contribution is -2.48. The Morgan fingerprint density at radius 2 is 2.00 bits per heavy atom. The van der Waals surface area contributed by atoms with Gasteiger partial charge in [-0.15, -0.1) is 0 Å². The Morgan fingerprint density at radius 3 is 2.57 bits per heavy atom. The summed E-state index contributed by atoms with van der Waals surface area (Å²) in [5, 5.41) is 12.2. The zero-order valence-electron chi connectivity index (χ0n) is 14.0. The molecule has 5 heteroatoms. The second kappa shape index (κ2) is 7.98. The van der Waals surface area contributed by atoms with Gasteiger partial charge in [0.05, 0.1) is 19.2 Å². The first kappa shape index (κ1) is 17.3. The highest BCUT2D eigenvalue weighted by molar-refractivity contribution is 5.79. The number of amides is 1. The molecule has 1 aliphatic rings. The quantitative estimate of drug-likeness (QED) is 0.839. The van der Waals surface area contributed by atoms with Crippen molar-refractivity contribution in [3.05, 3.63) is 29.8 Å². The Kier molecular flexibility index (Phi) is 6.00. The van der Waals surface area contributed by atoms with Crippen molar-refractivity contribution in [2.75, 3.05) is 20.2 Å². The van der Waals surface area contributed by atoms with E-state index in [1.165, 1.54) is 0 Å². The summed E-state index contributed by atoms with van der Waals surface area (Å²) in [5.41, 5.74) is 0.483. The van der Waals surface area contributed by atoms with Crippen LogP contribution >= 0.6 is 0 Å². The van der Waals surface area contributed by atoms with E-state index in [0.717, 1.165) is 37.0 Å². The third-order valence-electron chi connectivity index (χ3n) is 4.15. The van der Waals surface area contributed by atoms with Crippen molar-refractivity contribution in [1.82, 2.24) is 10.2 Å². The first-order valence-electron chi connectivity index (χ1n) is 8.19. The molecule has 1 N–H and O–H groups in total. The molecule has 1 aromatic rings. The highest BCUT2D eigenvalue weighted by Crippen LogP contribution is 2.28. The van der Waals surface area contributed by atoms with Crippen LogP contribution in [0, 0.1) is 11.3 Å². The summed E-state index contributed by atoms with van der Waals surface area (Å²) in [6.07, 6.45) is 3.54. The standard InChI is InChI=1S/C18H25N3O2/c1-3-23-16-8-6-15(7-9-16)12-21(2)13-17(22)20-18(14-19)10-4-5-11-18/h6-9H,3-5,10-13H2,1-2H3,(H,20,22). The average Bonchev–Trinajstić information content (AvgIpc) is 2.98. The number of ether oxygens (including phenoxy) is 1. The monoisotopic (exact) mass is 315 g/mol. The van der Waals surface area contributed by atoms with Crippen LogP contribution in [0.3, 0.4) is 0 Å². The third-order valence-corrected chi connectivity index (χ3v) is 4.15. The minimum atomic E-state index is -0.642. The Labute approximate surface area is 138 Å². The van der Waals surface area contributed by atoms with Gasteiger partial charge in [-0.3, -0.25) is 9.69 Å². The van der Waals surface area contributed by atoms with Gasteiger partial charge in [-0.05, 0) is 57.4 Å². The van der Waals surface area contributed by atoms with Gasteiger partial charge in [-0.2, -0.15) is 5.26 Å². The first-order chi connectivity index (χ1) is 11.1. The van der Waals surface area contributed by atoms with Crippen molar-refractivity contribution in [3.63, 3.8) is 0 Å². The number of carbonyl (C=O) groups excluding carboxylic acids is 1. The van der Waals surface area contributed by atoms with Crippen molar-refractivity contribution in [2.45, 2.75) is 44.7 Å². The molecule has 0 bridgehead atoms. The van der Waals surface area contributed by atoms with Crippen molar-refractivity contribution in [3.8, 4) is 11.8 Å². The molecule has 1 fully saturated rings. The summed E-state index contributed by atoms with van der Waals surface area (Å²) >= 11 is 0. The van der Waals surface area contributed by atoms with Gasteiger partial charge < -0.3 is 10.1 Å². The molecule has 0 heterocycles. The lowest BCUT2D eigenvalue weighted by atomic mass is 10.00. The fourth-order valence-corrected chi connectivity index (χ4v) is 3.02. The molecule has 23 heavy (non-hydrogen) atoms. The van der Waals surface area contributed by atoms with E-state index in [0.29, 0.717) is 13.2 Å². The summed E-state index contributed by atoms with van der Waals surface area (Å²) in [6.45, 7) is 3.58. The lowest BCUT2D eigenvalue weighted by molar-refractivity contribution is -0.123. The molecule has 0 spiro atoms. The van der Waals surface area contributed by atoms with Crippen LogP contribution in [0.15, 0.2) is 24.3 Å². The maximum atomic E-state index is 12.2.